The van der Waals surface area contributed by atoms with Gasteiger partial charge in [-0.15, -0.1) is 0 Å². The molecule has 1 rings (SSSR count). The van der Waals surface area contributed by atoms with Crippen molar-refractivity contribution in [1.82, 2.24) is 0 Å². The second-order valence-corrected chi connectivity index (χ2v) is 4.90. The van der Waals surface area contributed by atoms with Crippen LogP contribution in [0.3, 0.4) is 0 Å². The van der Waals surface area contributed by atoms with E-state index in [1.54, 1.807) is 19.2 Å². The second-order valence-electron chi connectivity index (χ2n) is 4.05. The van der Waals surface area contributed by atoms with Crippen LogP contribution in [0.2, 0.25) is 0 Å². The van der Waals surface area contributed by atoms with E-state index >= 15 is 0 Å². The van der Waals surface area contributed by atoms with Crippen LogP contribution in [0.5, 0.6) is 11.5 Å². The van der Waals surface area contributed by atoms with E-state index in [0.717, 1.165) is 0 Å². The summed E-state index contributed by atoms with van der Waals surface area (Å²) in [6, 6.07) is 3.31. The summed E-state index contributed by atoms with van der Waals surface area (Å²) in [4.78, 5) is 0. The quantitative estimate of drug-likeness (QED) is 0.890. The summed E-state index contributed by atoms with van der Waals surface area (Å²) >= 11 is 3.28. The van der Waals surface area contributed by atoms with E-state index in [1.165, 1.54) is 0 Å². The number of aliphatic hydroxyl groups excluding tert-OH is 1. The van der Waals surface area contributed by atoms with E-state index in [-0.39, 0.29) is 12.4 Å². The average Bonchev–Trinajstić information content (AvgIpc) is 2.17. The maximum Gasteiger partial charge on any atom is 0.133 e. The summed E-state index contributed by atoms with van der Waals surface area (Å²) in [5.41, 5.74) is 0.183. The van der Waals surface area contributed by atoms with Gasteiger partial charge in [0.2, 0.25) is 0 Å². The SMILES string of the molecule is COc1cc(C(C)(C)CO)c(O)cc1Br. The number of benzene rings is 1. The van der Waals surface area contributed by atoms with Crippen LogP contribution < -0.4 is 4.74 Å². The lowest BCUT2D eigenvalue weighted by Gasteiger charge is -2.24. The molecule has 0 aliphatic heterocycles. The Morgan fingerprint density at radius 1 is 1.40 bits per heavy atom. The number of methoxy groups -OCH3 is 1. The molecule has 0 amide bonds. The minimum Gasteiger partial charge on any atom is -0.508 e. The fourth-order valence-electron chi connectivity index (χ4n) is 1.33. The number of ether oxygens (including phenoxy) is 1. The molecule has 0 saturated carbocycles. The summed E-state index contributed by atoms with van der Waals surface area (Å²) in [5.74, 6) is 0.797. The van der Waals surface area contributed by atoms with Gasteiger partial charge in [0, 0.05) is 11.0 Å². The number of rotatable bonds is 3. The summed E-state index contributed by atoms with van der Waals surface area (Å²) in [7, 11) is 1.56. The average molecular weight is 275 g/mol. The van der Waals surface area contributed by atoms with Gasteiger partial charge >= 0.3 is 0 Å². The number of hydrogen-bond donors (Lipinski definition) is 2. The fourth-order valence-corrected chi connectivity index (χ4v) is 1.82. The van der Waals surface area contributed by atoms with E-state index in [4.69, 9.17) is 4.74 Å². The Balaban J connectivity index is 3.30. The van der Waals surface area contributed by atoms with Crippen molar-refractivity contribution in [2.75, 3.05) is 13.7 Å². The molecule has 0 saturated heterocycles. The molecule has 0 atom stereocenters. The van der Waals surface area contributed by atoms with Crippen LogP contribution in [-0.2, 0) is 5.41 Å². The first-order valence-corrected chi connectivity index (χ1v) is 5.39. The fraction of sp³-hybridized carbons (Fsp3) is 0.455. The number of aliphatic hydroxyl groups is 1. The van der Waals surface area contributed by atoms with Gasteiger partial charge in [-0.3, -0.25) is 0 Å². The summed E-state index contributed by atoms with van der Waals surface area (Å²) in [6.45, 7) is 3.68. The molecular formula is C11H15BrO3. The molecule has 0 aliphatic carbocycles. The van der Waals surface area contributed by atoms with Crippen molar-refractivity contribution in [1.29, 1.82) is 0 Å². The van der Waals surface area contributed by atoms with Crippen LogP contribution in [0.25, 0.3) is 0 Å². The molecule has 3 nitrogen and oxygen atoms in total. The molecule has 15 heavy (non-hydrogen) atoms. The van der Waals surface area contributed by atoms with Crippen molar-refractivity contribution in [2.24, 2.45) is 0 Å². The van der Waals surface area contributed by atoms with Crippen LogP contribution in [0.4, 0.5) is 0 Å². The molecule has 0 unspecified atom stereocenters. The Labute approximate surface area is 97.8 Å². The third kappa shape index (κ3) is 2.44. The minimum atomic E-state index is -0.488. The lowest BCUT2D eigenvalue weighted by Crippen LogP contribution is -2.22. The molecule has 0 aromatic heterocycles. The Bertz CT molecular complexity index is 361. The number of hydrogen-bond acceptors (Lipinski definition) is 3. The molecule has 0 fully saturated rings. The second kappa shape index (κ2) is 4.41. The van der Waals surface area contributed by atoms with E-state index in [9.17, 15) is 10.2 Å². The van der Waals surface area contributed by atoms with Crippen LogP contribution in [-0.4, -0.2) is 23.9 Å². The predicted octanol–water partition coefficient (Wildman–Crippen LogP) is 2.43. The number of phenols is 1. The predicted molar refractivity (Wildman–Crippen MR) is 62.5 cm³/mol. The van der Waals surface area contributed by atoms with Crippen molar-refractivity contribution in [3.05, 3.63) is 22.2 Å². The normalized spacial score (nSPS) is 11.5. The van der Waals surface area contributed by atoms with Gasteiger partial charge in [-0.2, -0.15) is 0 Å². The maximum absolute atomic E-state index is 9.78. The molecule has 1 aromatic carbocycles. The van der Waals surface area contributed by atoms with Crippen LogP contribution in [0.1, 0.15) is 19.4 Å². The lowest BCUT2D eigenvalue weighted by molar-refractivity contribution is 0.215. The molecule has 2 N–H and O–H groups in total. The molecule has 0 bridgehead atoms. The number of phenolic OH excluding ortho intramolecular Hbond substituents is 1. The van der Waals surface area contributed by atoms with Gasteiger partial charge in [0.25, 0.3) is 0 Å². The van der Waals surface area contributed by atoms with Crippen molar-refractivity contribution < 1.29 is 14.9 Å². The van der Waals surface area contributed by atoms with E-state index in [1.807, 2.05) is 13.8 Å². The zero-order valence-corrected chi connectivity index (χ0v) is 10.6. The molecule has 84 valence electrons. The minimum absolute atomic E-state index is 0.0364. The summed E-state index contributed by atoms with van der Waals surface area (Å²) < 4.78 is 5.84. The standard InChI is InChI=1S/C11H15BrO3/c1-11(2,6-13)7-4-10(15-3)8(12)5-9(7)14/h4-5,13-14H,6H2,1-3H3. The first-order valence-electron chi connectivity index (χ1n) is 4.60. The molecule has 1 aromatic rings. The third-order valence-corrected chi connectivity index (χ3v) is 3.01. The van der Waals surface area contributed by atoms with Gasteiger partial charge < -0.3 is 14.9 Å². The molecule has 0 heterocycles. The van der Waals surface area contributed by atoms with E-state index in [2.05, 4.69) is 15.9 Å². The van der Waals surface area contributed by atoms with E-state index in [0.29, 0.717) is 15.8 Å². The van der Waals surface area contributed by atoms with Crippen LogP contribution >= 0.6 is 15.9 Å². The van der Waals surface area contributed by atoms with Gasteiger partial charge in [-0.25, -0.2) is 0 Å². The van der Waals surface area contributed by atoms with Crippen LogP contribution in [0, 0.1) is 0 Å². The van der Waals surface area contributed by atoms with Gasteiger partial charge in [0.1, 0.15) is 11.5 Å². The highest BCUT2D eigenvalue weighted by Crippen LogP contribution is 2.38. The molecule has 0 spiro atoms. The lowest BCUT2D eigenvalue weighted by atomic mass is 9.85. The monoisotopic (exact) mass is 274 g/mol. The zero-order chi connectivity index (χ0) is 11.6. The van der Waals surface area contributed by atoms with Crippen molar-refractivity contribution in [3.63, 3.8) is 0 Å². The summed E-state index contributed by atoms with van der Waals surface area (Å²) in [5, 5.41) is 19.0. The molecule has 0 aliphatic rings. The molecule has 0 radical (unpaired) electrons. The Hall–Kier alpha value is -0.740. The Morgan fingerprint density at radius 3 is 2.47 bits per heavy atom. The van der Waals surface area contributed by atoms with Gasteiger partial charge in [-0.1, -0.05) is 13.8 Å². The first-order chi connectivity index (χ1) is 6.92. The van der Waals surface area contributed by atoms with Crippen molar-refractivity contribution >= 4 is 15.9 Å². The highest BCUT2D eigenvalue weighted by Gasteiger charge is 2.24. The van der Waals surface area contributed by atoms with Gasteiger partial charge in [-0.05, 0) is 28.1 Å². The van der Waals surface area contributed by atoms with Gasteiger partial charge in [0.05, 0.1) is 18.2 Å². The zero-order valence-electron chi connectivity index (χ0n) is 9.04. The van der Waals surface area contributed by atoms with Crippen LogP contribution in [0.15, 0.2) is 16.6 Å². The van der Waals surface area contributed by atoms with Gasteiger partial charge in [0.15, 0.2) is 0 Å². The van der Waals surface area contributed by atoms with Crippen molar-refractivity contribution in [2.45, 2.75) is 19.3 Å². The van der Waals surface area contributed by atoms with Crippen molar-refractivity contribution in [3.8, 4) is 11.5 Å². The van der Waals surface area contributed by atoms with E-state index < -0.39 is 5.41 Å². The Morgan fingerprint density at radius 2 is 2.00 bits per heavy atom. The first kappa shape index (κ1) is 12.3. The Kier molecular flexibility index (Phi) is 3.62. The largest absolute Gasteiger partial charge is 0.508 e. The highest BCUT2D eigenvalue weighted by atomic mass is 79.9. The molecule has 4 heteroatoms. The smallest absolute Gasteiger partial charge is 0.133 e. The topological polar surface area (TPSA) is 49.7 Å². The number of aromatic hydroxyl groups is 1. The third-order valence-electron chi connectivity index (χ3n) is 2.39. The molecular weight excluding hydrogens is 260 g/mol. The maximum atomic E-state index is 9.78. The summed E-state index contributed by atoms with van der Waals surface area (Å²) in [6.07, 6.45) is 0. The highest BCUT2D eigenvalue weighted by molar-refractivity contribution is 9.10. The number of halogens is 1.